The van der Waals surface area contributed by atoms with Crippen molar-refractivity contribution >= 4 is 17.0 Å². The van der Waals surface area contributed by atoms with Gasteiger partial charge in [0, 0.05) is 27.7 Å². The Morgan fingerprint density at radius 3 is 2.60 bits per heavy atom. The summed E-state index contributed by atoms with van der Waals surface area (Å²) in [7, 11) is 5.71. The molecule has 0 aliphatic heterocycles. The number of aromatic nitrogens is 2. The number of rotatable bonds is 4. The number of halogens is 1. The van der Waals surface area contributed by atoms with Gasteiger partial charge >= 0.3 is 0 Å². The summed E-state index contributed by atoms with van der Waals surface area (Å²) in [6.07, 6.45) is 0. The number of nitrogens with zero attached hydrogens (tertiary/aromatic N) is 4. The summed E-state index contributed by atoms with van der Waals surface area (Å²) in [5.74, 6) is 1.48. The lowest BCUT2D eigenvalue weighted by molar-refractivity contribution is 0.474. The van der Waals surface area contributed by atoms with Crippen LogP contribution in [0.4, 0.5) is 4.39 Å². The van der Waals surface area contributed by atoms with E-state index in [2.05, 4.69) is 25.9 Å². The number of hydrogen-bond acceptors (Lipinski definition) is 2. The standard InChI is InChI=1S/C19H22FN5/c1-21-19(24(2)13-14-8-10-15(20)11-9-14)22-12-18-23-16-6-4-5-7-17(16)25(18)3/h4-11H,12-13H2,1-3H3,(H,21,22). The van der Waals surface area contributed by atoms with Crippen LogP contribution < -0.4 is 5.32 Å². The van der Waals surface area contributed by atoms with Crippen LogP contribution in [-0.4, -0.2) is 34.5 Å². The predicted molar refractivity (Wildman–Crippen MR) is 98.8 cm³/mol. The van der Waals surface area contributed by atoms with Crippen LogP contribution in [0.25, 0.3) is 11.0 Å². The molecule has 6 heteroatoms. The monoisotopic (exact) mass is 339 g/mol. The molecule has 3 aromatic rings. The molecule has 0 saturated heterocycles. The fourth-order valence-corrected chi connectivity index (χ4v) is 2.83. The van der Waals surface area contributed by atoms with Gasteiger partial charge in [-0.25, -0.2) is 9.37 Å². The van der Waals surface area contributed by atoms with Crippen LogP contribution in [0, 0.1) is 5.82 Å². The second-order valence-electron chi connectivity index (χ2n) is 5.96. The zero-order valence-electron chi connectivity index (χ0n) is 14.7. The maximum absolute atomic E-state index is 13.0. The number of aryl methyl sites for hydroxylation is 1. The van der Waals surface area contributed by atoms with E-state index in [1.54, 1.807) is 19.2 Å². The lowest BCUT2D eigenvalue weighted by Gasteiger charge is -2.22. The molecule has 25 heavy (non-hydrogen) atoms. The van der Waals surface area contributed by atoms with Crippen molar-refractivity contribution < 1.29 is 4.39 Å². The minimum absolute atomic E-state index is 0.226. The Bertz CT molecular complexity index is 882. The molecule has 2 aromatic carbocycles. The Labute approximate surface area is 146 Å². The molecule has 0 amide bonds. The molecular formula is C19H22FN5. The predicted octanol–water partition coefficient (Wildman–Crippen LogP) is 2.92. The van der Waals surface area contributed by atoms with Crippen LogP contribution in [0.15, 0.2) is 53.5 Å². The molecule has 0 atom stereocenters. The van der Waals surface area contributed by atoms with Gasteiger partial charge in [0.2, 0.25) is 0 Å². The minimum Gasteiger partial charge on any atom is -0.349 e. The van der Waals surface area contributed by atoms with Crippen molar-refractivity contribution in [1.82, 2.24) is 19.8 Å². The molecule has 0 aliphatic rings. The summed E-state index contributed by atoms with van der Waals surface area (Å²) in [4.78, 5) is 11.0. The van der Waals surface area contributed by atoms with Crippen LogP contribution >= 0.6 is 0 Å². The Hall–Kier alpha value is -2.89. The summed E-state index contributed by atoms with van der Waals surface area (Å²) >= 11 is 0. The second-order valence-corrected chi connectivity index (χ2v) is 5.96. The quantitative estimate of drug-likeness (QED) is 0.587. The molecule has 5 nitrogen and oxygen atoms in total. The minimum atomic E-state index is -0.226. The molecule has 0 spiro atoms. The van der Waals surface area contributed by atoms with Crippen LogP contribution in [0.2, 0.25) is 0 Å². The summed E-state index contributed by atoms with van der Waals surface area (Å²) in [5.41, 5.74) is 3.11. The van der Waals surface area contributed by atoms with Gasteiger partial charge in [0.25, 0.3) is 0 Å². The van der Waals surface area contributed by atoms with E-state index in [0.29, 0.717) is 13.1 Å². The molecule has 0 radical (unpaired) electrons. The van der Waals surface area contributed by atoms with E-state index in [4.69, 9.17) is 0 Å². The van der Waals surface area contributed by atoms with Crippen molar-refractivity contribution in [2.24, 2.45) is 12.0 Å². The van der Waals surface area contributed by atoms with E-state index in [1.165, 1.54) is 12.1 Å². The maximum Gasteiger partial charge on any atom is 0.194 e. The van der Waals surface area contributed by atoms with Crippen LogP contribution in [0.5, 0.6) is 0 Å². The molecule has 0 unspecified atom stereocenters. The van der Waals surface area contributed by atoms with Crippen LogP contribution in [0.3, 0.4) is 0 Å². The molecule has 0 saturated carbocycles. The number of hydrogen-bond donors (Lipinski definition) is 1. The van der Waals surface area contributed by atoms with Gasteiger partial charge in [-0.15, -0.1) is 0 Å². The fourth-order valence-electron chi connectivity index (χ4n) is 2.83. The highest BCUT2D eigenvalue weighted by molar-refractivity contribution is 5.80. The Morgan fingerprint density at radius 1 is 1.20 bits per heavy atom. The first-order valence-corrected chi connectivity index (χ1v) is 8.15. The third kappa shape index (κ3) is 3.79. The molecule has 130 valence electrons. The topological polar surface area (TPSA) is 45.5 Å². The van der Waals surface area contributed by atoms with Crippen molar-refractivity contribution in [3.63, 3.8) is 0 Å². The highest BCUT2D eigenvalue weighted by atomic mass is 19.1. The van der Waals surface area contributed by atoms with Crippen molar-refractivity contribution in [2.45, 2.75) is 13.1 Å². The van der Waals surface area contributed by atoms with Crippen molar-refractivity contribution in [2.75, 3.05) is 14.1 Å². The fraction of sp³-hybridized carbons (Fsp3) is 0.263. The first-order chi connectivity index (χ1) is 12.1. The van der Waals surface area contributed by atoms with E-state index in [-0.39, 0.29) is 5.82 Å². The number of fused-ring (bicyclic) bond motifs is 1. The van der Waals surface area contributed by atoms with Gasteiger partial charge in [-0.05, 0) is 29.8 Å². The average Bonchev–Trinajstić information content (AvgIpc) is 2.94. The van der Waals surface area contributed by atoms with Gasteiger partial charge in [-0.2, -0.15) is 0 Å². The molecule has 1 aromatic heterocycles. The van der Waals surface area contributed by atoms with Gasteiger partial charge < -0.3 is 14.8 Å². The van der Waals surface area contributed by atoms with E-state index >= 15 is 0 Å². The SMILES string of the molecule is CN=C(NCc1nc2ccccc2n1C)N(C)Cc1ccc(F)cc1. The molecule has 0 aliphatic carbocycles. The Balaban J connectivity index is 1.67. The molecule has 3 rings (SSSR count). The van der Waals surface area contributed by atoms with Crippen LogP contribution in [-0.2, 0) is 20.1 Å². The lowest BCUT2D eigenvalue weighted by Crippen LogP contribution is -2.38. The highest BCUT2D eigenvalue weighted by Gasteiger charge is 2.10. The summed E-state index contributed by atoms with van der Waals surface area (Å²) in [6, 6.07) is 14.6. The van der Waals surface area contributed by atoms with E-state index in [9.17, 15) is 4.39 Å². The normalized spacial score (nSPS) is 11.8. The summed E-state index contributed by atoms with van der Waals surface area (Å²) < 4.78 is 15.1. The summed E-state index contributed by atoms with van der Waals surface area (Å²) in [5, 5.41) is 3.34. The van der Waals surface area contributed by atoms with Crippen molar-refractivity contribution in [3.8, 4) is 0 Å². The number of aliphatic imine (C=N–C) groups is 1. The zero-order chi connectivity index (χ0) is 17.8. The molecule has 0 fully saturated rings. The molecule has 0 bridgehead atoms. The molecule has 1 heterocycles. The largest absolute Gasteiger partial charge is 0.349 e. The van der Waals surface area contributed by atoms with Gasteiger partial charge in [0.15, 0.2) is 5.96 Å². The highest BCUT2D eigenvalue weighted by Crippen LogP contribution is 2.14. The zero-order valence-corrected chi connectivity index (χ0v) is 14.7. The third-order valence-corrected chi connectivity index (χ3v) is 4.19. The molecular weight excluding hydrogens is 317 g/mol. The van der Waals surface area contributed by atoms with Crippen LogP contribution in [0.1, 0.15) is 11.4 Å². The number of guanidine groups is 1. The van der Waals surface area contributed by atoms with E-state index in [1.807, 2.05) is 37.2 Å². The van der Waals surface area contributed by atoms with Crippen molar-refractivity contribution in [1.29, 1.82) is 0 Å². The van der Waals surface area contributed by atoms with Gasteiger partial charge in [-0.3, -0.25) is 4.99 Å². The van der Waals surface area contributed by atoms with Crippen molar-refractivity contribution in [3.05, 3.63) is 65.7 Å². The van der Waals surface area contributed by atoms with Gasteiger partial charge in [0.1, 0.15) is 11.6 Å². The Kier molecular flexibility index (Phi) is 4.97. The molecule has 1 N–H and O–H groups in total. The second kappa shape index (κ2) is 7.34. The van der Waals surface area contributed by atoms with E-state index in [0.717, 1.165) is 28.4 Å². The third-order valence-electron chi connectivity index (χ3n) is 4.19. The lowest BCUT2D eigenvalue weighted by atomic mass is 10.2. The first-order valence-electron chi connectivity index (χ1n) is 8.15. The Morgan fingerprint density at radius 2 is 1.92 bits per heavy atom. The first kappa shape index (κ1) is 17.0. The van der Waals surface area contributed by atoms with E-state index < -0.39 is 0 Å². The average molecular weight is 339 g/mol. The number of para-hydroxylation sites is 2. The van der Waals surface area contributed by atoms with Gasteiger partial charge in [0.05, 0.1) is 17.6 Å². The van der Waals surface area contributed by atoms with Gasteiger partial charge in [-0.1, -0.05) is 24.3 Å². The summed E-state index contributed by atoms with van der Waals surface area (Å²) in [6.45, 7) is 1.22. The number of imidazole rings is 1. The number of nitrogens with one attached hydrogen (secondary N) is 1. The smallest absolute Gasteiger partial charge is 0.194 e. The maximum atomic E-state index is 13.0. The number of benzene rings is 2.